The van der Waals surface area contributed by atoms with E-state index >= 15 is 0 Å². The van der Waals surface area contributed by atoms with E-state index in [-0.39, 0.29) is 5.91 Å². The average Bonchev–Trinajstić information content (AvgIpc) is 3.33. The van der Waals surface area contributed by atoms with Gasteiger partial charge in [-0.1, -0.05) is 0 Å². The quantitative estimate of drug-likeness (QED) is 0.929. The molecule has 0 unspecified atom stereocenters. The summed E-state index contributed by atoms with van der Waals surface area (Å²) in [4.78, 5) is 14.7. The van der Waals surface area contributed by atoms with E-state index in [1.54, 1.807) is 0 Å². The molecule has 1 aliphatic carbocycles. The van der Waals surface area contributed by atoms with Crippen LogP contribution in [0.15, 0.2) is 24.3 Å². The predicted molar refractivity (Wildman–Crippen MR) is 89.7 cm³/mol. The normalized spacial score (nSPS) is 23.2. The molecule has 1 aromatic carbocycles. The van der Waals surface area contributed by atoms with Crippen molar-refractivity contribution in [3.05, 3.63) is 29.8 Å². The summed E-state index contributed by atoms with van der Waals surface area (Å²) in [6.07, 6.45) is 6.12. The molecule has 1 N–H and O–H groups in total. The molecule has 1 spiro atoms. The molecular formula is C19H26N2O2. The van der Waals surface area contributed by atoms with Gasteiger partial charge in [-0.2, -0.15) is 0 Å². The first-order chi connectivity index (χ1) is 11.2. The molecule has 1 amide bonds. The predicted octanol–water partition coefficient (Wildman–Crippen LogP) is 2.69. The number of ether oxygens (including phenoxy) is 1. The Hall–Kier alpha value is -1.55. The van der Waals surface area contributed by atoms with E-state index in [9.17, 15) is 4.79 Å². The molecule has 3 aliphatic rings. The molecule has 0 radical (unpaired) electrons. The minimum Gasteiger partial charge on any atom is -0.493 e. The summed E-state index contributed by atoms with van der Waals surface area (Å²) >= 11 is 0. The Morgan fingerprint density at radius 1 is 1.17 bits per heavy atom. The van der Waals surface area contributed by atoms with Gasteiger partial charge < -0.3 is 15.0 Å². The molecule has 4 nitrogen and oxygen atoms in total. The Morgan fingerprint density at radius 2 is 1.91 bits per heavy atom. The van der Waals surface area contributed by atoms with Crippen LogP contribution < -0.4 is 10.1 Å². The topological polar surface area (TPSA) is 41.6 Å². The van der Waals surface area contributed by atoms with Gasteiger partial charge in [0.05, 0.1) is 6.61 Å². The third-order valence-corrected chi connectivity index (χ3v) is 5.73. The second-order valence-corrected chi connectivity index (χ2v) is 7.50. The minimum atomic E-state index is 0.166. The minimum absolute atomic E-state index is 0.166. The standard InChI is InChI=1S/C19H26N2O2/c22-18(21-11-8-19(9-12-21)7-10-20-14-19)16-3-5-17(6-4-16)23-13-15-1-2-15/h3-6,15,20H,1-2,7-14H2. The lowest BCUT2D eigenvalue weighted by atomic mass is 9.78. The summed E-state index contributed by atoms with van der Waals surface area (Å²) in [5.41, 5.74) is 1.24. The van der Waals surface area contributed by atoms with Crippen molar-refractivity contribution in [3.8, 4) is 5.75 Å². The maximum atomic E-state index is 12.7. The van der Waals surface area contributed by atoms with Crippen molar-refractivity contribution in [2.75, 3.05) is 32.8 Å². The zero-order valence-electron chi connectivity index (χ0n) is 13.7. The zero-order valence-corrected chi connectivity index (χ0v) is 13.7. The van der Waals surface area contributed by atoms with Crippen LogP contribution >= 0.6 is 0 Å². The van der Waals surface area contributed by atoms with Crippen LogP contribution in [0.2, 0.25) is 0 Å². The lowest BCUT2D eigenvalue weighted by Crippen LogP contribution is -2.44. The number of rotatable bonds is 4. The van der Waals surface area contributed by atoms with Gasteiger partial charge in [0.25, 0.3) is 5.91 Å². The Labute approximate surface area is 138 Å². The summed E-state index contributed by atoms with van der Waals surface area (Å²) in [6.45, 7) is 4.86. The van der Waals surface area contributed by atoms with Crippen LogP contribution in [-0.2, 0) is 0 Å². The first-order valence-corrected chi connectivity index (χ1v) is 8.97. The van der Waals surface area contributed by atoms with Crippen molar-refractivity contribution in [1.29, 1.82) is 0 Å². The van der Waals surface area contributed by atoms with Crippen molar-refractivity contribution in [3.63, 3.8) is 0 Å². The van der Waals surface area contributed by atoms with Gasteiger partial charge >= 0.3 is 0 Å². The van der Waals surface area contributed by atoms with Crippen molar-refractivity contribution in [2.24, 2.45) is 11.3 Å². The van der Waals surface area contributed by atoms with E-state index in [4.69, 9.17) is 4.74 Å². The van der Waals surface area contributed by atoms with Crippen LogP contribution in [0.25, 0.3) is 0 Å². The molecular weight excluding hydrogens is 288 g/mol. The van der Waals surface area contributed by atoms with Crippen LogP contribution in [0.5, 0.6) is 5.75 Å². The van der Waals surface area contributed by atoms with Crippen LogP contribution in [0, 0.1) is 11.3 Å². The second kappa shape index (κ2) is 6.16. The van der Waals surface area contributed by atoms with Crippen molar-refractivity contribution in [2.45, 2.75) is 32.1 Å². The number of piperidine rings is 1. The number of carbonyl (C=O) groups excluding carboxylic acids is 1. The molecule has 23 heavy (non-hydrogen) atoms. The van der Waals surface area contributed by atoms with E-state index in [0.29, 0.717) is 5.41 Å². The number of benzene rings is 1. The summed E-state index contributed by atoms with van der Waals surface area (Å²) in [5.74, 6) is 1.80. The fourth-order valence-electron chi connectivity index (χ4n) is 3.78. The van der Waals surface area contributed by atoms with Crippen molar-refractivity contribution >= 4 is 5.91 Å². The zero-order chi connectivity index (χ0) is 15.7. The third-order valence-electron chi connectivity index (χ3n) is 5.73. The van der Waals surface area contributed by atoms with Crippen LogP contribution in [-0.4, -0.2) is 43.6 Å². The van der Waals surface area contributed by atoms with E-state index in [0.717, 1.165) is 62.9 Å². The van der Waals surface area contributed by atoms with E-state index in [2.05, 4.69) is 5.32 Å². The fraction of sp³-hybridized carbons (Fsp3) is 0.632. The van der Waals surface area contributed by atoms with Gasteiger partial charge in [0.15, 0.2) is 0 Å². The Balaban J connectivity index is 1.33. The largest absolute Gasteiger partial charge is 0.493 e. The highest BCUT2D eigenvalue weighted by atomic mass is 16.5. The summed E-state index contributed by atoms with van der Waals surface area (Å²) < 4.78 is 5.74. The molecule has 1 saturated carbocycles. The molecule has 124 valence electrons. The smallest absolute Gasteiger partial charge is 0.253 e. The molecule has 3 fully saturated rings. The maximum absolute atomic E-state index is 12.7. The number of nitrogens with zero attached hydrogens (tertiary/aromatic N) is 1. The maximum Gasteiger partial charge on any atom is 0.253 e. The molecule has 2 saturated heterocycles. The Morgan fingerprint density at radius 3 is 2.52 bits per heavy atom. The molecule has 0 bridgehead atoms. The van der Waals surface area contributed by atoms with Crippen LogP contribution in [0.1, 0.15) is 42.5 Å². The Bertz CT molecular complexity index is 549. The fourth-order valence-corrected chi connectivity index (χ4v) is 3.78. The van der Waals surface area contributed by atoms with Gasteiger partial charge in [-0.15, -0.1) is 0 Å². The first kappa shape index (κ1) is 15.0. The first-order valence-electron chi connectivity index (χ1n) is 8.97. The number of amides is 1. The number of nitrogens with one attached hydrogen (secondary N) is 1. The molecule has 0 aromatic heterocycles. The van der Waals surface area contributed by atoms with Crippen LogP contribution in [0.4, 0.5) is 0 Å². The lowest BCUT2D eigenvalue weighted by molar-refractivity contribution is 0.0607. The highest BCUT2D eigenvalue weighted by Gasteiger charge is 2.38. The van der Waals surface area contributed by atoms with Crippen molar-refractivity contribution in [1.82, 2.24) is 10.2 Å². The molecule has 4 rings (SSSR count). The second-order valence-electron chi connectivity index (χ2n) is 7.50. The highest BCUT2D eigenvalue weighted by molar-refractivity contribution is 5.94. The van der Waals surface area contributed by atoms with Gasteiger partial charge in [0.2, 0.25) is 0 Å². The van der Waals surface area contributed by atoms with Crippen LogP contribution in [0.3, 0.4) is 0 Å². The molecule has 1 aromatic rings. The summed E-state index contributed by atoms with van der Waals surface area (Å²) in [5, 5.41) is 3.47. The average molecular weight is 314 g/mol. The number of carbonyl (C=O) groups is 1. The molecule has 0 atom stereocenters. The summed E-state index contributed by atoms with van der Waals surface area (Å²) in [7, 11) is 0. The third kappa shape index (κ3) is 3.37. The molecule has 4 heteroatoms. The van der Waals surface area contributed by atoms with Gasteiger partial charge in [-0.25, -0.2) is 0 Å². The van der Waals surface area contributed by atoms with E-state index < -0.39 is 0 Å². The highest BCUT2D eigenvalue weighted by Crippen LogP contribution is 2.37. The van der Waals surface area contributed by atoms with E-state index in [1.165, 1.54) is 19.3 Å². The monoisotopic (exact) mass is 314 g/mol. The molecule has 2 aliphatic heterocycles. The number of likely N-dealkylation sites (tertiary alicyclic amines) is 1. The van der Waals surface area contributed by atoms with Crippen molar-refractivity contribution < 1.29 is 9.53 Å². The van der Waals surface area contributed by atoms with Gasteiger partial charge in [0.1, 0.15) is 5.75 Å². The lowest BCUT2D eigenvalue weighted by Gasteiger charge is -2.38. The van der Waals surface area contributed by atoms with Gasteiger partial charge in [-0.05, 0) is 74.2 Å². The van der Waals surface area contributed by atoms with Gasteiger partial charge in [-0.3, -0.25) is 4.79 Å². The van der Waals surface area contributed by atoms with Gasteiger partial charge in [0, 0.05) is 25.2 Å². The van der Waals surface area contributed by atoms with E-state index in [1.807, 2.05) is 29.2 Å². The molecule has 2 heterocycles. The summed E-state index contributed by atoms with van der Waals surface area (Å²) in [6, 6.07) is 7.68. The number of hydrogen-bond acceptors (Lipinski definition) is 3. The Kier molecular flexibility index (Phi) is 4.02. The number of hydrogen-bond donors (Lipinski definition) is 1. The SMILES string of the molecule is O=C(c1ccc(OCC2CC2)cc1)N1CCC2(CCNC2)CC1.